The number of nitrogens with zero attached hydrogens (tertiary/aromatic N) is 4. The van der Waals surface area contributed by atoms with E-state index in [-0.39, 0.29) is 63.1 Å². The highest BCUT2D eigenvalue weighted by atomic mass is 35.5. The van der Waals surface area contributed by atoms with Gasteiger partial charge in [0, 0.05) is 48.6 Å². The molecule has 0 bridgehead atoms. The number of piperidine rings is 1. The van der Waals surface area contributed by atoms with Crippen molar-refractivity contribution in [1.82, 2.24) is 14.8 Å². The largest absolute Gasteiger partial charge is 0.474 e. The van der Waals surface area contributed by atoms with Crippen molar-refractivity contribution in [2.75, 3.05) is 13.1 Å². The summed E-state index contributed by atoms with van der Waals surface area (Å²) in [5.74, 6) is -2.42. The van der Waals surface area contributed by atoms with E-state index < -0.39 is 58.0 Å². The Morgan fingerprint density at radius 1 is 1.08 bits per heavy atom. The molecule has 0 radical (unpaired) electrons. The van der Waals surface area contributed by atoms with Gasteiger partial charge in [0.2, 0.25) is 5.60 Å². The summed E-state index contributed by atoms with van der Waals surface area (Å²) in [6.07, 6.45) is -8.22. The highest BCUT2D eigenvalue weighted by Gasteiger charge is 2.57. The quantitative estimate of drug-likeness (QED) is 0.193. The molecule has 2 aliphatic rings. The standard InChI is InChI=1S/C35H33ClF6N4O4S/c1-2-5-28-33(50-24-19-29(51-20-24)35(40,41)42,13-4-16-46(28)31(48)30-26(34(37,38)39)6-3-15-44-30)32(49)45-17-12-21-18-22(36)7-9-25(21)27(45)10-8-23(47)11-14-43/h3,6-7,9,15,18-20,27-28H,2,4-5,8,10-13,16-17H2,1H3/t27-,28+,33-/m0/s1. The van der Waals surface area contributed by atoms with Gasteiger partial charge in [-0.25, -0.2) is 0 Å². The van der Waals surface area contributed by atoms with Crippen molar-refractivity contribution in [3.63, 3.8) is 0 Å². The number of rotatable bonds is 10. The van der Waals surface area contributed by atoms with Crippen molar-refractivity contribution >= 4 is 40.5 Å². The van der Waals surface area contributed by atoms with Gasteiger partial charge in [-0.15, -0.1) is 11.3 Å². The van der Waals surface area contributed by atoms with Crippen LogP contribution in [0.3, 0.4) is 0 Å². The lowest BCUT2D eigenvalue weighted by molar-refractivity contribution is -0.163. The fourth-order valence-corrected chi connectivity index (χ4v) is 7.90. The molecule has 5 rings (SSSR count). The molecule has 3 atom stereocenters. The molecular weight excluding hydrogens is 722 g/mol. The van der Waals surface area contributed by atoms with Gasteiger partial charge in [0.15, 0.2) is 0 Å². The number of fused-ring (bicyclic) bond motifs is 1. The molecule has 1 saturated heterocycles. The molecule has 0 N–H and O–H groups in total. The Morgan fingerprint density at radius 3 is 2.51 bits per heavy atom. The summed E-state index contributed by atoms with van der Waals surface area (Å²) in [6.45, 7) is 1.75. The number of carbonyl (C=O) groups is 3. The molecule has 0 aliphatic carbocycles. The molecule has 2 aromatic heterocycles. The van der Waals surface area contributed by atoms with Crippen molar-refractivity contribution in [2.45, 2.75) is 88.3 Å². The Hall–Kier alpha value is -4.16. The predicted octanol–water partition coefficient (Wildman–Crippen LogP) is 8.45. The van der Waals surface area contributed by atoms with E-state index in [0.29, 0.717) is 34.8 Å². The lowest BCUT2D eigenvalue weighted by Gasteiger charge is -2.51. The fourth-order valence-electron chi connectivity index (χ4n) is 7.03. The topological polar surface area (TPSA) is 104 Å². The van der Waals surface area contributed by atoms with Crippen LogP contribution in [0.5, 0.6) is 5.75 Å². The van der Waals surface area contributed by atoms with Gasteiger partial charge in [0.25, 0.3) is 11.8 Å². The molecule has 0 unspecified atom stereocenters. The van der Waals surface area contributed by atoms with E-state index in [1.54, 1.807) is 25.1 Å². The zero-order chi connectivity index (χ0) is 37.1. The summed E-state index contributed by atoms with van der Waals surface area (Å²) in [6, 6.07) is 7.47. The van der Waals surface area contributed by atoms with Crippen LogP contribution in [0.25, 0.3) is 0 Å². The maximum absolute atomic E-state index is 15.2. The molecule has 0 saturated carbocycles. The van der Waals surface area contributed by atoms with Gasteiger partial charge in [-0.2, -0.15) is 31.6 Å². The van der Waals surface area contributed by atoms with Crippen LogP contribution in [0.4, 0.5) is 26.3 Å². The number of halogens is 7. The maximum atomic E-state index is 15.2. The van der Waals surface area contributed by atoms with E-state index in [2.05, 4.69) is 4.98 Å². The Kier molecular flexibility index (Phi) is 11.4. The monoisotopic (exact) mass is 754 g/mol. The molecule has 8 nitrogen and oxygen atoms in total. The minimum absolute atomic E-state index is 0.0489. The first kappa shape index (κ1) is 38.1. The Labute approximate surface area is 298 Å². The van der Waals surface area contributed by atoms with E-state index in [0.717, 1.165) is 40.2 Å². The Morgan fingerprint density at radius 2 is 1.84 bits per heavy atom. The van der Waals surface area contributed by atoms with Crippen molar-refractivity contribution in [1.29, 1.82) is 5.26 Å². The van der Waals surface area contributed by atoms with Crippen LogP contribution in [0, 0.1) is 11.3 Å². The number of ether oxygens (including phenoxy) is 1. The van der Waals surface area contributed by atoms with Crippen LogP contribution in [0.1, 0.15) is 90.0 Å². The van der Waals surface area contributed by atoms with Crippen molar-refractivity contribution < 1.29 is 45.5 Å². The second-order valence-electron chi connectivity index (χ2n) is 12.5. The lowest BCUT2D eigenvalue weighted by atomic mass is 9.78. The van der Waals surface area contributed by atoms with Gasteiger partial charge in [0.1, 0.15) is 22.1 Å². The number of hydrogen-bond acceptors (Lipinski definition) is 7. The zero-order valence-electron chi connectivity index (χ0n) is 27.3. The fraction of sp³-hybridized carbons (Fsp3) is 0.457. The third-order valence-electron chi connectivity index (χ3n) is 9.21. The first-order valence-electron chi connectivity index (χ1n) is 16.3. The second-order valence-corrected chi connectivity index (χ2v) is 13.8. The van der Waals surface area contributed by atoms with E-state index >= 15 is 4.79 Å². The number of Topliss-reactive ketones (excluding diaryl/α,β-unsaturated/α-hetero) is 1. The predicted molar refractivity (Wildman–Crippen MR) is 175 cm³/mol. The average Bonchev–Trinajstić information content (AvgIpc) is 3.56. The van der Waals surface area contributed by atoms with Gasteiger partial charge < -0.3 is 14.5 Å². The average molecular weight is 755 g/mol. The van der Waals surface area contributed by atoms with Crippen LogP contribution >= 0.6 is 22.9 Å². The number of pyridine rings is 1. The summed E-state index contributed by atoms with van der Waals surface area (Å²) < 4.78 is 89.7. The van der Waals surface area contributed by atoms with E-state index in [4.69, 9.17) is 21.6 Å². The molecule has 3 aromatic rings. The first-order valence-corrected chi connectivity index (χ1v) is 17.5. The lowest BCUT2D eigenvalue weighted by Crippen LogP contribution is -2.68. The normalized spacial score (nSPS) is 20.8. The van der Waals surface area contributed by atoms with E-state index in [1.165, 1.54) is 4.90 Å². The third kappa shape index (κ3) is 8.02. The van der Waals surface area contributed by atoms with E-state index in [9.17, 15) is 35.9 Å². The van der Waals surface area contributed by atoms with Gasteiger partial charge in [-0.3, -0.25) is 19.4 Å². The Bertz CT molecular complexity index is 1830. The minimum atomic E-state index is -4.93. The molecule has 2 amide bonds. The van der Waals surface area contributed by atoms with Gasteiger partial charge >= 0.3 is 12.4 Å². The summed E-state index contributed by atoms with van der Waals surface area (Å²) in [7, 11) is 0. The van der Waals surface area contributed by atoms with Crippen LogP contribution < -0.4 is 4.74 Å². The number of carbonyl (C=O) groups excluding carboxylic acids is 3. The van der Waals surface area contributed by atoms with Gasteiger partial charge in [0.05, 0.1) is 30.1 Å². The number of aromatic nitrogens is 1. The molecule has 1 aromatic carbocycles. The number of amides is 2. The number of likely N-dealkylation sites (tertiary alicyclic amines) is 1. The summed E-state index contributed by atoms with van der Waals surface area (Å²) >= 11 is 6.62. The molecule has 1 fully saturated rings. The highest BCUT2D eigenvalue weighted by Crippen LogP contribution is 2.45. The number of ketones is 1. The number of thiophene rings is 1. The summed E-state index contributed by atoms with van der Waals surface area (Å²) in [5, 5.41) is 10.6. The molecule has 272 valence electrons. The number of nitriles is 1. The minimum Gasteiger partial charge on any atom is -0.474 e. The Balaban J connectivity index is 1.64. The second kappa shape index (κ2) is 15.2. The third-order valence-corrected chi connectivity index (χ3v) is 10.4. The van der Waals surface area contributed by atoms with Gasteiger partial charge in [-0.05, 0) is 61.1 Å². The highest BCUT2D eigenvalue weighted by molar-refractivity contribution is 7.10. The molecule has 51 heavy (non-hydrogen) atoms. The first-order chi connectivity index (χ1) is 24.1. The summed E-state index contributed by atoms with van der Waals surface area (Å²) in [4.78, 5) is 47.2. The molecule has 0 spiro atoms. The van der Waals surface area contributed by atoms with Crippen LogP contribution in [0.2, 0.25) is 5.02 Å². The van der Waals surface area contributed by atoms with Gasteiger partial charge in [-0.1, -0.05) is 31.0 Å². The molecule has 2 aliphatic heterocycles. The van der Waals surface area contributed by atoms with Crippen molar-refractivity contribution in [3.05, 3.63) is 80.3 Å². The molecular formula is C35H33ClF6N4O4S. The van der Waals surface area contributed by atoms with Crippen LogP contribution in [-0.4, -0.2) is 57.1 Å². The molecule has 16 heteroatoms. The SMILES string of the molecule is CCC[C@H]1N(C(=O)c2ncccc2C(F)(F)F)CCC[C@@]1(Oc1csc(C(F)(F)F)c1)C(=O)N1CCc2cc(Cl)ccc2[C@@H]1CCC(=O)CC#N. The zero-order valence-corrected chi connectivity index (χ0v) is 28.9. The van der Waals surface area contributed by atoms with Crippen LogP contribution in [-0.2, 0) is 28.4 Å². The summed E-state index contributed by atoms with van der Waals surface area (Å²) in [5.41, 5.74) is -2.70. The van der Waals surface area contributed by atoms with E-state index in [1.807, 2.05) is 6.07 Å². The number of alkyl halides is 6. The number of benzene rings is 1. The smallest absolute Gasteiger partial charge is 0.425 e. The maximum Gasteiger partial charge on any atom is 0.425 e. The number of hydrogen-bond donors (Lipinski definition) is 0. The van der Waals surface area contributed by atoms with Crippen molar-refractivity contribution in [2.24, 2.45) is 0 Å². The molecule has 4 heterocycles. The van der Waals surface area contributed by atoms with Crippen molar-refractivity contribution in [3.8, 4) is 11.8 Å². The van der Waals surface area contributed by atoms with Crippen LogP contribution in [0.15, 0.2) is 48.0 Å².